The van der Waals surface area contributed by atoms with Gasteiger partial charge in [-0.2, -0.15) is 0 Å². The first-order valence-corrected chi connectivity index (χ1v) is 5.75. The van der Waals surface area contributed by atoms with Gasteiger partial charge in [-0.15, -0.1) is 0 Å². The van der Waals surface area contributed by atoms with E-state index in [1.807, 2.05) is 12.1 Å². The van der Waals surface area contributed by atoms with E-state index in [1.54, 1.807) is 6.20 Å². The second kappa shape index (κ2) is 5.27. The fourth-order valence-electron chi connectivity index (χ4n) is 2.12. The molecule has 0 aromatic carbocycles. The molecule has 0 unspecified atom stereocenters. The Hall–Kier alpha value is -1.13. The van der Waals surface area contributed by atoms with Gasteiger partial charge in [0.1, 0.15) is 0 Å². The van der Waals surface area contributed by atoms with Crippen molar-refractivity contribution in [2.45, 2.75) is 19.4 Å². The average Bonchev–Trinajstić information content (AvgIpc) is 2.39. The number of piperidine rings is 1. The van der Waals surface area contributed by atoms with Gasteiger partial charge in [0.25, 0.3) is 0 Å². The van der Waals surface area contributed by atoms with Gasteiger partial charge in [0.05, 0.1) is 12.3 Å². The van der Waals surface area contributed by atoms with Gasteiger partial charge < -0.3 is 15.1 Å². The maximum atomic E-state index is 9.07. The molecule has 16 heavy (non-hydrogen) atoms. The molecule has 0 aliphatic carbocycles. The molecular formula is C12H18N2O2. The molecule has 0 saturated carbocycles. The Kier molecular flexibility index (Phi) is 3.74. The molecule has 1 saturated heterocycles. The fourth-order valence-corrected chi connectivity index (χ4v) is 2.12. The summed E-state index contributed by atoms with van der Waals surface area (Å²) in [4.78, 5) is 6.35. The molecule has 1 aliphatic rings. The summed E-state index contributed by atoms with van der Waals surface area (Å²) in [7, 11) is 0. The van der Waals surface area contributed by atoms with Crippen molar-refractivity contribution >= 4 is 5.69 Å². The largest absolute Gasteiger partial charge is 0.396 e. The first-order valence-electron chi connectivity index (χ1n) is 5.75. The van der Waals surface area contributed by atoms with Crippen LogP contribution in [0.5, 0.6) is 0 Å². The van der Waals surface area contributed by atoms with Crippen molar-refractivity contribution in [1.82, 2.24) is 4.98 Å². The summed E-state index contributed by atoms with van der Waals surface area (Å²) in [6.07, 6.45) is 3.81. The third kappa shape index (κ3) is 2.51. The van der Waals surface area contributed by atoms with Gasteiger partial charge in [-0.3, -0.25) is 4.98 Å². The van der Waals surface area contributed by atoms with E-state index in [0.29, 0.717) is 18.2 Å². The van der Waals surface area contributed by atoms with Crippen LogP contribution in [-0.4, -0.2) is 34.9 Å². The fraction of sp³-hybridized carbons (Fsp3) is 0.583. The third-order valence-corrected chi connectivity index (χ3v) is 3.20. The predicted molar refractivity (Wildman–Crippen MR) is 62.2 cm³/mol. The first-order chi connectivity index (χ1) is 7.83. The van der Waals surface area contributed by atoms with Crippen LogP contribution in [0.15, 0.2) is 18.3 Å². The monoisotopic (exact) mass is 222 g/mol. The van der Waals surface area contributed by atoms with Crippen LogP contribution in [0.2, 0.25) is 0 Å². The average molecular weight is 222 g/mol. The van der Waals surface area contributed by atoms with E-state index in [4.69, 9.17) is 10.2 Å². The Balaban J connectivity index is 2.02. The molecule has 0 spiro atoms. The van der Waals surface area contributed by atoms with Crippen LogP contribution >= 0.6 is 0 Å². The Morgan fingerprint density at radius 1 is 1.31 bits per heavy atom. The minimum absolute atomic E-state index is 0.0130. The van der Waals surface area contributed by atoms with E-state index in [1.165, 1.54) is 0 Å². The zero-order valence-electron chi connectivity index (χ0n) is 9.34. The van der Waals surface area contributed by atoms with Crippen LogP contribution in [-0.2, 0) is 6.61 Å². The highest BCUT2D eigenvalue weighted by atomic mass is 16.3. The molecular weight excluding hydrogens is 204 g/mol. The minimum atomic E-state index is -0.0130. The highest BCUT2D eigenvalue weighted by molar-refractivity contribution is 5.46. The van der Waals surface area contributed by atoms with Crippen LogP contribution in [0.1, 0.15) is 18.5 Å². The number of aromatic nitrogens is 1. The number of hydrogen-bond acceptors (Lipinski definition) is 4. The number of anilines is 1. The second-order valence-corrected chi connectivity index (χ2v) is 4.28. The molecule has 2 N–H and O–H groups in total. The van der Waals surface area contributed by atoms with Crippen molar-refractivity contribution in [3.63, 3.8) is 0 Å². The second-order valence-electron chi connectivity index (χ2n) is 4.28. The molecule has 2 heterocycles. The lowest BCUT2D eigenvalue weighted by Gasteiger charge is -2.32. The van der Waals surface area contributed by atoms with E-state index < -0.39 is 0 Å². The lowest BCUT2D eigenvalue weighted by Crippen LogP contribution is -2.34. The molecule has 1 aromatic heterocycles. The van der Waals surface area contributed by atoms with Crippen molar-refractivity contribution in [2.75, 3.05) is 24.6 Å². The lowest BCUT2D eigenvalue weighted by molar-refractivity contribution is 0.203. The Morgan fingerprint density at radius 3 is 2.69 bits per heavy atom. The number of nitrogens with zero attached hydrogens (tertiary/aromatic N) is 2. The van der Waals surface area contributed by atoms with Crippen molar-refractivity contribution in [3.8, 4) is 0 Å². The maximum absolute atomic E-state index is 9.07. The molecule has 1 aromatic rings. The molecule has 1 fully saturated rings. The summed E-state index contributed by atoms with van der Waals surface area (Å²) in [5, 5.41) is 18.1. The number of aliphatic hydroxyl groups excluding tert-OH is 2. The summed E-state index contributed by atoms with van der Waals surface area (Å²) < 4.78 is 0. The SMILES string of the molecule is OCc1cc(N2CCC(CO)CC2)ccn1. The van der Waals surface area contributed by atoms with E-state index >= 15 is 0 Å². The minimum Gasteiger partial charge on any atom is -0.396 e. The van der Waals surface area contributed by atoms with Crippen molar-refractivity contribution in [3.05, 3.63) is 24.0 Å². The standard InChI is InChI=1S/C12H18N2O2/c15-8-10-2-5-14(6-3-10)12-1-4-13-11(7-12)9-16/h1,4,7,10,15-16H,2-3,5-6,8-9H2. The molecule has 4 nitrogen and oxygen atoms in total. The number of rotatable bonds is 3. The van der Waals surface area contributed by atoms with Gasteiger partial charge in [-0.1, -0.05) is 0 Å². The molecule has 0 amide bonds. The highest BCUT2D eigenvalue weighted by Gasteiger charge is 2.18. The van der Waals surface area contributed by atoms with Gasteiger partial charge in [0.15, 0.2) is 0 Å². The van der Waals surface area contributed by atoms with Crippen LogP contribution in [0, 0.1) is 5.92 Å². The van der Waals surface area contributed by atoms with Gasteiger partial charge in [0, 0.05) is 31.6 Å². The van der Waals surface area contributed by atoms with Gasteiger partial charge >= 0.3 is 0 Å². The first kappa shape index (κ1) is 11.4. The molecule has 0 radical (unpaired) electrons. The summed E-state index contributed by atoms with van der Waals surface area (Å²) in [5.74, 6) is 0.454. The summed E-state index contributed by atoms with van der Waals surface area (Å²) in [5.41, 5.74) is 1.83. The quantitative estimate of drug-likeness (QED) is 0.793. The number of pyridine rings is 1. The van der Waals surface area contributed by atoms with Crippen molar-refractivity contribution in [1.29, 1.82) is 0 Å². The normalized spacial score (nSPS) is 17.8. The van der Waals surface area contributed by atoms with Crippen LogP contribution in [0.25, 0.3) is 0 Å². The molecule has 2 rings (SSSR count). The van der Waals surface area contributed by atoms with Crippen molar-refractivity contribution in [2.24, 2.45) is 5.92 Å². The van der Waals surface area contributed by atoms with E-state index in [-0.39, 0.29) is 6.61 Å². The summed E-state index contributed by atoms with van der Waals surface area (Å²) >= 11 is 0. The zero-order valence-corrected chi connectivity index (χ0v) is 9.34. The zero-order chi connectivity index (χ0) is 11.4. The molecule has 4 heteroatoms. The van der Waals surface area contributed by atoms with E-state index in [2.05, 4.69) is 9.88 Å². The third-order valence-electron chi connectivity index (χ3n) is 3.20. The highest BCUT2D eigenvalue weighted by Crippen LogP contribution is 2.22. The molecule has 0 atom stereocenters. The van der Waals surface area contributed by atoms with E-state index in [9.17, 15) is 0 Å². The van der Waals surface area contributed by atoms with Gasteiger partial charge in [-0.05, 0) is 30.9 Å². The Morgan fingerprint density at radius 2 is 2.06 bits per heavy atom. The van der Waals surface area contributed by atoms with Crippen molar-refractivity contribution < 1.29 is 10.2 Å². The Labute approximate surface area is 95.5 Å². The topological polar surface area (TPSA) is 56.6 Å². The maximum Gasteiger partial charge on any atom is 0.0853 e. The van der Waals surface area contributed by atoms with Crippen LogP contribution < -0.4 is 4.90 Å². The van der Waals surface area contributed by atoms with Crippen LogP contribution in [0.3, 0.4) is 0 Å². The number of aliphatic hydroxyl groups is 2. The number of hydrogen-bond donors (Lipinski definition) is 2. The van der Waals surface area contributed by atoms with Gasteiger partial charge in [0.2, 0.25) is 0 Å². The van der Waals surface area contributed by atoms with E-state index in [0.717, 1.165) is 31.6 Å². The molecule has 88 valence electrons. The van der Waals surface area contributed by atoms with Crippen LogP contribution in [0.4, 0.5) is 5.69 Å². The van der Waals surface area contributed by atoms with Gasteiger partial charge in [-0.25, -0.2) is 0 Å². The smallest absolute Gasteiger partial charge is 0.0853 e. The summed E-state index contributed by atoms with van der Waals surface area (Å²) in [6.45, 7) is 2.23. The molecule has 1 aliphatic heterocycles. The Bertz CT molecular complexity index is 336. The summed E-state index contributed by atoms with van der Waals surface area (Å²) in [6, 6.07) is 3.90. The molecule has 0 bridgehead atoms. The lowest BCUT2D eigenvalue weighted by atomic mass is 9.97. The predicted octanol–water partition coefficient (Wildman–Crippen LogP) is 0.783.